The SMILES string of the molecule is CC.CCC.CCN(CC)CC.[Ar].[Ar].[Ar].[Ar].[Ar].[Ar].[Ar].[Ar].[Ar].[Ar]. The van der Waals surface area contributed by atoms with Crippen LogP contribution in [-0.2, 0) is 0 Å². The molecule has 0 spiro atoms. The average molecular weight is 575 g/mol. The van der Waals surface area contributed by atoms with E-state index in [9.17, 15) is 0 Å². The molecule has 0 radical (unpaired) electrons. The molecular weight excluding hydrogens is 546 g/mol. The van der Waals surface area contributed by atoms with Crippen molar-refractivity contribution in [1.82, 2.24) is 4.90 Å². The van der Waals surface area contributed by atoms with E-state index < -0.39 is 0 Å². The Kier molecular flexibility index (Phi) is 354. The van der Waals surface area contributed by atoms with Gasteiger partial charge < -0.3 is 4.90 Å². The molecule has 0 aliphatic carbocycles. The molecule has 0 fully saturated rings. The van der Waals surface area contributed by atoms with Crippen molar-refractivity contribution >= 4 is 0 Å². The second kappa shape index (κ2) is 93.0. The van der Waals surface area contributed by atoms with Gasteiger partial charge in [0.1, 0.15) is 0 Å². The van der Waals surface area contributed by atoms with Gasteiger partial charge in [-0.05, 0) is 19.6 Å². The van der Waals surface area contributed by atoms with Crippen LogP contribution in [0.15, 0.2) is 0 Å². The van der Waals surface area contributed by atoms with Gasteiger partial charge in [0.25, 0.3) is 0 Å². The molecule has 22 heavy (non-hydrogen) atoms. The van der Waals surface area contributed by atoms with Crippen molar-refractivity contribution in [3.05, 3.63) is 0 Å². The Morgan fingerprint density at radius 1 is 0.409 bits per heavy atom. The van der Waals surface area contributed by atoms with Gasteiger partial charge in [-0.2, -0.15) is 0 Å². The minimum Gasteiger partial charge on any atom is -0.304 e. The predicted molar refractivity (Wildman–Crippen MR) is 60.8 cm³/mol. The molecule has 0 aliphatic heterocycles. The molecule has 0 aromatic rings. The van der Waals surface area contributed by atoms with Crippen LogP contribution < -0.4 is 0 Å². The summed E-state index contributed by atoms with van der Waals surface area (Å²) in [7, 11) is 0. The third-order valence-corrected chi connectivity index (χ3v) is 1.34. The molecule has 0 heterocycles. The molecule has 0 bridgehead atoms. The van der Waals surface area contributed by atoms with E-state index in [-0.39, 0.29) is 377 Å². The third-order valence-electron chi connectivity index (χ3n) is 1.34. The Labute approximate surface area is 441 Å². The van der Waals surface area contributed by atoms with Gasteiger partial charge in [0.2, 0.25) is 0 Å². The van der Waals surface area contributed by atoms with Gasteiger partial charge >= 0.3 is 0 Å². The molecule has 1 nitrogen and oxygen atoms in total. The quantitative estimate of drug-likeness (QED) is 0.496. The van der Waals surface area contributed by atoms with Gasteiger partial charge in [0.15, 0.2) is 0 Å². The molecule has 158 valence electrons. The van der Waals surface area contributed by atoms with E-state index >= 15 is 0 Å². The van der Waals surface area contributed by atoms with Crippen LogP contribution in [0.1, 0.15) is 54.9 Å². The van der Waals surface area contributed by atoms with Crippen molar-refractivity contribution in [1.29, 1.82) is 0 Å². The smallest absolute Gasteiger partial charge is 0 e. The van der Waals surface area contributed by atoms with Crippen LogP contribution >= 0.6 is 0 Å². The van der Waals surface area contributed by atoms with Crippen molar-refractivity contribution in [2.45, 2.75) is 54.9 Å². The van der Waals surface area contributed by atoms with Gasteiger partial charge in [-0.3, -0.25) is 0 Å². The van der Waals surface area contributed by atoms with Gasteiger partial charge in [-0.15, -0.1) is 0 Å². The van der Waals surface area contributed by atoms with Crippen molar-refractivity contribution in [3.8, 4) is 0 Å². The van der Waals surface area contributed by atoms with Crippen molar-refractivity contribution in [3.63, 3.8) is 0 Å². The molecular formula is C11H29Ar10N. The maximum absolute atomic E-state index is 2.38. The van der Waals surface area contributed by atoms with E-state index in [1.54, 1.807) is 0 Å². The van der Waals surface area contributed by atoms with Crippen LogP contribution in [0.5, 0.6) is 0 Å². The van der Waals surface area contributed by atoms with Gasteiger partial charge in [0.05, 0.1) is 0 Å². The normalized spacial score (nSPS) is 4.36. The Bertz CT molecular complexity index is 56.6. The maximum Gasteiger partial charge on any atom is 0 e. The van der Waals surface area contributed by atoms with Crippen molar-refractivity contribution in [2.75, 3.05) is 19.6 Å². The largest absolute Gasteiger partial charge is 0.304 e. The van der Waals surface area contributed by atoms with Crippen LogP contribution in [0, 0.1) is 377 Å². The Balaban J connectivity index is -0.00000000454. The first kappa shape index (κ1) is 83.7. The monoisotopic (exact) mass is 575 g/mol. The van der Waals surface area contributed by atoms with Gasteiger partial charge in [-0.25, -0.2) is 0 Å². The van der Waals surface area contributed by atoms with Crippen molar-refractivity contribution in [2.24, 2.45) is 0 Å². The molecule has 0 aromatic carbocycles. The summed E-state index contributed by atoms with van der Waals surface area (Å²) in [5.41, 5.74) is 0. The van der Waals surface area contributed by atoms with E-state index in [1.165, 1.54) is 26.1 Å². The molecule has 0 aromatic heterocycles. The molecule has 0 atom stereocenters. The van der Waals surface area contributed by atoms with E-state index in [4.69, 9.17) is 0 Å². The zero-order valence-electron chi connectivity index (χ0n) is 13.8. The van der Waals surface area contributed by atoms with E-state index in [2.05, 4.69) is 39.5 Å². The Morgan fingerprint density at radius 2 is 0.500 bits per heavy atom. The zero-order chi connectivity index (χ0) is 10.4. The predicted octanol–water partition coefficient (Wildman–Crippen LogP) is 3.79. The van der Waals surface area contributed by atoms with Gasteiger partial charge in [-0.1, -0.05) is 54.9 Å². The summed E-state index contributed by atoms with van der Waals surface area (Å²) >= 11 is 0. The van der Waals surface area contributed by atoms with E-state index in [0.29, 0.717) is 0 Å². The molecule has 11 heteroatoms. The molecule has 0 saturated heterocycles. The van der Waals surface area contributed by atoms with Crippen LogP contribution in [0.25, 0.3) is 0 Å². The standard InChI is InChI=1S/C6H15N.C3H8.C2H6.10Ar/c1-4-7(5-2)6-3;1-3-2;1-2;;;;;;;;;;/h4-6H2,1-3H3;3H2,1-2H3;1-2H3;;;;;;;;;;. The summed E-state index contributed by atoms with van der Waals surface area (Å²) in [6, 6.07) is 0. The van der Waals surface area contributed by atoms with E-state index in [1.807, 2.05) is 13.8 Å². The van der Waals surface area contributed by atoms with Crippen LogP contribution in [0.2, 0.25) is 0 Å². The Morgan fingerprint density at radius 3 is 0.500 bits per heavy atom. The van der Waals surface area contributed by atoms with Crippen molar-refractivity contribution < 1.29 is 377 Å². The summed E-state index contributed by atoms with van der Waals surface area (Å²) in [5, 5.41) is 0. The second-order valence-corrected chi connectivity index (χ2v) is 2.33. The molecule has 0 rings (SSSR count). The van der Waals surface area contributed by atoms with Crippen LogP contribution in [0.3, 0.4) is 0 Å². The minimum atomic E-state index is 0. The zero-order valence-corrected chi connectivity index (χ0v) is 20.9. The summed E-state index contributed by atoms with van der Waals surface area (Å²) in [6.45, 7) is 18.4. The Hall–Kier alpha value is 12.6. The number of nitrogens with zero attached hydrogens (tertiary/aromatic N) is 1. The first-order valence-electron chi connectivity index (χ1n) is 5.48. The fourth-order valence-corrected chi connectivity index (χ4v) is 0.671. The summed E-state index contributed by atoms with van der Waals surface area (Å²) < 4.78 is 0. The third kappa shape index (κ3) is 94.1. The summed E-state index contributed by atoms with van der Waals surface area (Å²) in [6.07, 6.45) is 1.25. The van der Waals surface area contributed by atoms with Crippen LogP contribution in [0.4, 0.5) is 0 Å². The number of hydrogen-bond donors (Lipinski definition) is 0. The summed E-state index contributed by atoms with van der Waals surface area (Å²) in [4.78, 5) is 2.38. The molecule has 0 unspecified atom stereocenters. The van der Waals surface area contributed by atoms with Crippen LogP contribution in [-0.4, -0.2) is 24.5 Å². The molecule has 0 amide bonds. The fraction of sp³-hybridized carbons (Fsp3) is 1.00. The fourth-order valence-electron chi connectivity index (χ4n) is 0.671. The topological polar surface area (TPSA) is 3.24 Å². The molecule has 0 aliphatic rings. The number of rotatable bonds is 3. The molecule has 0 saturated carbocycles. The second-order valence-electron chi connectivity index (χ2n) is 2.33. The summed E-state index contributed by atoms with van der Waals surface area (Å²) in [5.74, 6) is 0. The minimum absolute atomic E-state index is 0. The first-order valence-corrected chi connectivity index (χ1v) is 5.48. The molecule has 0 N–H and O–H groups in total. The van der Waals surface area contributed by atoms with Gasteiger partial charge in [0, 0.05) is 377 Å². The number of hydrogen-bond acceptors (Lipinski definition) is 1. The first-order chi connectivity index (χ1) is 5.76. The van der Waals surface area contributed by atoms with E-state index in [0.717, 1.165) is 0 Å². The maximum atomic E-state index is 2.38. The average Bonchev–Trinajstić information content (AvgIpc) is 2.12.